The molecular formula is C45H84O14. The van der Waals surface area contributed by atoms with Gasteiger partial charge in [0.2, 0.25) is 0 Å². The van der Waals surface area contributed by atoms with Gasteiger partial charge in [-0.25, -0.2) is 0 Å². The topological polar surface area (TPSA) is 214 Å². The van der Waals surface area contributed by atoms with Crippen molar-refractivity contribution < 1.29 is 69.0 Å². The third-order valence-corrected chi connectivity index (χ3v) is 11.3. The molecule has 11 unspecified atom stereocenters. The molecule has 2 heterocycles. The molecule has 0 amide bonds. The van der Waals surface area contributed by atoms with Crippen molar-refractivity contribution in [2.75, 3.05) is 33.0 Å². The molecule has 0 spiro atoms. The largest absolute Gasteiger partial charge is 0.457 e. The first kappa shape index (κ1) is 53.9. The minimum atomic E-state index is -1.70. The summed E-state index contributed by atoms with van der Waals surface area (Å²) in [6.07, 6.45) is 15.6. The highest BCUT2D eigenvalue weighted by molar-refractivity contribution is 5.69. The highest BCUT2D eigenvalue weighted by Crippen LogP contribution is 2.26. The number of aliphatic hydroxyl groups excluding tert-OH is 7. The zero-order valence-electron chi connectivity index (χ0n) is 36.5. The zero-order valence-corrected chi connectivity index (χ0v) is 36.5. The maximum atomic E-state index is 12.9. The van der Waals surface area contributed by atoms with Gasteiger partial charge < -0.3 is 64.2 Å². The molecule has 0 aromatic heterocycles. The molecule has 2 aliphatic heterocycles. The minimum absolute atomic E-state index is 0.0631. The van der Waals surface area contributed by atoms with Crippen LogP contribution in [0.3, 0.4) is 0 Å². The predicted molar refractivity (Wildman–Crippen MR) is 224 cm³/mol. The summed E-state index contributed by atoms with van der Waals surface area (Å²) in [6.45, 7) is 3.65. The van der Waals surface area contributed by atoms with Gasteiger partial charge in [-0.05, 0) is 38.5 Å². The summed E-state index contributed by atoms with van der Waals surface area (Å²) in [4.78, 5) is 12.9. The van der Waals surface area contributed by atoms with Crippen LogP contribution in [-0.2, 0) is 33.2 Å². The van der Waals surface area contributed by atoms with Gasteiger partial charge in [0, 0.05) is 13.0 Å². The highest BCUT2D eigenvalue weighted by Gasteiger charge is 2.47. The first-order valence-electron chi connectivity index (χ1n) is 23.3. The van der Waals surface area contributed by atoms with E-state index in [4.69, 9.17) is 28.4 Å². The Bertz CT molecular complexity index is 1030. The molecule has 2 rings (SSSR count). The maximum Gasteiger partial charge on any atom is 0.306 e. The Morgan fingerprint density at radius 2 is 1.00 bits per heavy atom. The van der Waals surface area contributed by atoms with E-state index in [2.05, 4.69) is 26.0 Å². The standard InChI is InChI=1S/C45H84O14/c1-3-5-7-9-11-13-15-17-19-21-23-25-27-29-54-31-34(57-37(47)28-26-24-22-20-18-16-14-12-10-8-6-4-2)32-55-44-43(53)41(51)39(49)36(59-44)33-56-45-42(52)40(50)38(48)35(30-46)58-45/h12,14,34-36,38-46,48-53H,3-11,13,15-33H2,1-2H3/b14-12-. The number of carbonyl (C=O) groups is 1. The van der Waals surface area contributed by atoms with Gasteiger partial charge in [0.25, 0.3) is 0 Å². The van der Waals surface area contributed by atoms with Crippen LogP contribution in [-0.4, -0.2) is 142 Å². The lowest BCUT2D eigenvalue weighted by atomic mass is 9.98. The quantitative estimate of drug-likeness (QED) is 0.0235. The molecule has 0 bridgehead atoms. The maximum absolute atomic E-state index is 12.9. The monoisotopic (exact) mass is 849 g/mol. The van der Waals surface area contributed by atoms with E-state index in [0.29, 0.717) is 13.0 Å². The number of esters is 1. The number of ether oxygens (including phenoxy) is 6. The van der Waals surface area contributed by atoms with Crippen LogP contribution in [0.2, 0.25) is 0 Å². The minimum Gasteiger partial charge on any atom is -0.457 e. The second-order valence-corrected chi connectivity index (χ2v) is 16.6. The van der Waals surface area contributed by atoms with Crippen LogP contribution in [0.25, 0.3) is 0 Å². The number of aliphatic hydroxyl groups is 7. The number of rotatable bonds is 36. The Morgan fingerprint density at radius 1 is 0.542 bits per heavy atom. The van der Waals surface area contributed by atoms with Crippen LogP contribution in [0.15, 0.2) is 12.2 Å². The fourth-order valence-electron chi connectivity index (χ4n) is 7.40. The summed E-state index contributed by atoms with van der Waals surface area (Å²) in [7, 11) is 0. The predicted octanol–water partition coefficient (Wildman–Crippen LogP) is 5.51. The van der Waals surface area contributed by atoms with Gasteiger partial charge >= 0.3 is 5.97 Å². The smallest absolute Gasteiger partial charge is 0.306 e. The van der Waals surface area contributed by atoms with Crippen LogP contribution < -0.4 is 0 Å². The Balaban J connectivity index is 1.81. The lowest BCUT2D eigenvalue weighted by Crippen LogP contribution is -2.61. The van der Waals surface area contributed by atoms with Crippen molar-refractivity contribution in [2.45, 2.75) is 235 Å². The van der Waals surface area contributed by atoms with Crippen molar-refractivity contribution in [3.8, 4) is 0 Å². The van der Waals surface area contributed by atoms with Gasteiger partial charge in [0.05, 0.1) is 26.4 Å². The molecule has 0 radical (unpaired) electrons. The third kappa shape index (κ3) is 23.1. The van der Waals surface area contributed by atoms with E-state index in [1.165, 1.54) is 83.5 Å². The van der Waals surface area contributed by atoms with E-state index < -0.39 is 80.7 Å². The second kappa shape index (κ2) is 34.2. The van der Waals surface area contributed by atoms with E-state index in [0.717, 1.165) is 57.8 Å². The van der Waals surface area contributed by atoms with E-state index >= 15 is 0 Å². The summed E-state index contributed by atoms with van der Waals surface area (Å²) >= 11 is 0. The first-order chi connectivity index (χ1) is 28.6. The number of unbranched alkanes of at least 4 members (excludes halogenated alkanes) is 20. The molecule has 0 aliphatic carbocycles. The molecule has 14 heteroatoms. The molecular weight excluding hydrogens is 764 g/mol. The van der Waals surface area contributed by atoms with Crippen LogP contribution >= 0.6 is 0 Å². The molecule has 2 aliphatic rings. The van der Waals surface area contributed by atoms with Crippen LogP contribution in [0, 0.1) is 0 Å². The van der Waals surface area contributed by atoms with E-state index in [1.807, 2.05) is 0 Å². The Morgan fingerprint density at radius 3 is 1.58 bits per heavy atom. The molecule has 2 fully saturated rings. The summed E-state index contributed by atoms with van der Waals surface area (Å²) in [5.41, 5.74) is 0. The number of carbonyl (C=O) groups excluding carboxylic acids is 1. The van der Waals surface area contributed by atoms with Gasteiger partial charge in [-0.2, -0.15) is 0 Å². The molecule has 2 saturated heterocycles. The average Bonchev–Trinajstić information content (AvgIpc) is 3.23. The molecule has 0 saturated carbocycles. The summed E-state index contributed by atoms with van der Waals surface area (Å²) in [5.74, 6) is -0.385. The van der Waals surface area contributed by atoms with Crippen molar-refractivity contribution in [3.05, 3.63) is 12.2 Å². The molecule has 7 N–H and O–H groups in total. The van der Waals surface area contributed by atoms with Crippen molar-refractivity contribution in [1.82, 2.24) is 0 Å². The van der Waals surface area contributed by atoms with E-state index in [9.17, 15) is 40.5 Å². The highest BCUT2D eigenvalue weighted by atomic mass is 16.7. The van der Waals surface area contributed by atoms with E-state index in [-0.39, 0.29) is 25.6 Å². The molecule has 0 aromatic rings. The second-order valence-electron chi connectivity index (χ2n) is 16.6. The summed E-state index contributed by atoms with van der Waals surface area (Å²) < 4.78 is 34.1. The van der Waals surface area contributed by atoms with Gasteiger partial charge in [-0.15, -0.1) is 0 Å². The van der Waals surface area contributed by atoms with Crippen molar-refractivity contribution >= 4 is 5.97 Å². The Labute approximate surface area is 354 Å². The number of allylic oxidation sites excluding steroid dienone is 2. The van der Waals surface area contributed by atoms with Crippen molar-refractivity contribution in [3.63, 3.8) is 0 Å². The normalized spacial score (nSPS) is 28.0. The fourth-order valence-corrected chi connectivity index (χ4v) is 7.40. The number of hydrogen-bond donors (Lipinski definition) is 7. The average molecular weight is 849 g/mol. The molecule has 348 valence electrons. The van der Waals surface area contributed by atoms with Gasteiger partial charge in [0.15, 0.2) is 12.6 Å². The van der Waals surface area contributed by atoms with E-state index in [1.54, 1.807) is 0 Å². The molecule has 14 nitrogen and oxygen atoms in total. The third-order valence-electron chi connectivity index (χ3n) is 11.3. The van der Waals surface area contributed by atoms with Gasteiger partial charge in [-0.1, -0.05) is 135 Å². The van der Waals surface area contributed by atoms with Crippen molar-refractivity contribution in [2.24, 2.45) is 0 Å². The fraction of sp³-hybridized carbons (Fsp3) is 0.933. The molecule has 0 aromatic carbocycles. The zero-order chi connectivity index (χ0) is 43.1. The SMILES string of the molecule is CCCCC/C=C\CCCCCCCC(=O)OC(COCCCCCCCCCCCCCCC)COC1OC(COC2OC(CO)C(O)C(O)C2O)C(O)C(O)C1O. The molecule has 59 heavy (non-hydrogen) atoms. The molecule has 11 atom stereocenters. The van der Waals surface area contributed by atoms with Gasteiger partial charge in [-0.3, -0.25) is 4.79 Å². The van der Waals surface area contributed by atoms with Crippen molar-refractivity contribution in [1.29, 1.82) is 0 Å². The van der Waals surface area contributed by atoms with Crippen LogP contribution in [0.4, 0.5) is 0 Å². The van der Waals surface area contributed by atoms with Gasteiger partial charge in [0.1, 0.15) is 54.9 Å². The lowest BCUT2D eigenvalue weighted by molar-refractivity contribution is -0.332. The first-order valence-corrected chi connectivity index (χ1v) is 23.3. The lowest BCUT2D eigenvalue weighted by Gasteiger charge is -2.42. The van der Waals surface area contributed by atoms with Crippen LogP contribution in [0.1, 0.15) is 168 Å². The number of hydrogen-bond acceptors (Lipinski definition) is 14. The summed E-state index contributed by atoms with van der Waals surface area (Å²) in [5, 5.41) is 71.9. The Kier molecular flexibility index (Phi) is 31.3. The Hall–Kier alpha value is -1.27. The van der Waals surface area contributed by atoms with Crippen LogP contribution in [0.5, 0.6) is 0 Å². The summed E-state index contributed by atoms with van der Waals surface area (Å²) in [6, 6.07) is 0.